The van der Waals surface area contributed by atoms with Crippen LogP contribution in [-0.4, -0.2) is 33.4 Å². The van der Waals surface area contributed by atoms with Crippen molar-refractivity contribution in [3.63, 3.8) is 0 Å². The van der Waals surface area contributed by atoms with E-state index in [1.54, 1.807) is 18.6 Å². The first-order chi connectivity index (χ1) is 10.1. The third-order valence-electron chi connectivity index (χ3n) is 2.87. The first kappa shape index (κ1) is 15.0. The summed E-state index contributed by atoms with van der Waals surface area (Å²) in [5.74, 6) is 6.96. The lowest BCUT2D eigenvalue weighted by atomic mass is 10.2. The number of hydrogen-bond donors (Lipinski definition) is 4. The van der Waals surface area contributed by atoms with E-state index >= 15 is 0 Å². The van der Waals surface area contributed by atoms with E-state index in [2.05, 4.69) is 39.9 Å². The zero-order chi connectivity index (χ0) is 15.2. The second-order valence-electron chi connectivity index (χ2n) is 5.15. The molecule has 0 aromatic carbocycles. The van der Waals surface area contributed by atoms with E-state index in [1.807, 2.05) is 4.40 Å². The molecule has 0 aliphatic rings. The number of amides is 1. The number of hydrogen-bond acceptors (Lipinski definition) is 6. The number of nitrogens with one attached hydrogen (secondary N) is 3. The van der Waals surface area contributed by atoms with Crippen LogP contribution in [-0.2, 0) is 4.79 Å². The van der Waals surface area contributed by atoms with Gasteiger partial charge >= 0.3 is 0 Å². The molecule has 21 heavy (non-hydrogen) atoms. The van der Waals surface area contributed by atoms with E-state index in [0.717, 1.165) is 0 Å². The highest BCUT2D eigenvalue weighted by Gasteiger charge is 2.08. The molecule has 1 amide bonds. The van der Waals surface area contributed by atoms with Crippen molar-refractivity contribution in [2.75, 3.05) is 23.8 Å². The molecular weight excluding hydrogens is 270 g/mol. The van der Waals surface area contributed by atoms with Gasteiger partial charge in [0.15, 0.2) is 17.3 Å². The Bertz CT molecular complexity index is 608. The fraction of sp³-hybridized carbons (Fsp3) is 0.462. The highest BCUT2D eigenvalue weighted by molar-refractivity contribution is 5.76. The fourth-order valence-electron chi connectivity index (χ4n) is 1.82. The van der Waals surface area contributed by atoms with E-state index in [-0.39, 0.29) is 5.91 Å². The Labute approximate surface area is 123 Å². The number of fused-ring (bicyclic) bond motifs is 1. The minimum Gasteiger partial charge on any atom is -0.366 e. The number of carbonyl (C=O) groups is 1. The number of nitrogens with zero attached hydrogens (tertiary/aromatic N) is 3. The summed E-state index contributed by atoms with van der Waals surface area (Å²) in [5.41, 5.74) is 3.19. The highest BCUT2D eigenvalue weighted by Crippen LogP contribution is 2.15. The molecule has 8 heteroatoms. The van der Waals surface area contributed by atoms with Crippen LogP contribution in [0.5, 0.6) is 0 Å². The van der Waals surface area contributed by atoms with Crippen molar-refractivity contribution in [1.29, 1.82) is 0 Å². The smallest absolute Gasteiger partial charge is 0.221 e. The van der Waals surface area contributed by atoms with Gasteiger partial charge in [-0.3, -0.25) is 4.79 Å². The monoisotopic (exact) mass is 291 g/mol. The van der Waals surface area contributed by atoms with Crippen molar-refractivity contribution in [2.45, 2.75) is 20.3 Å². The van der Waals surface area contributed by atoms with Crippen LogP contribution in [0.2, 0.25) is 0 Å². The van der Waals surface area contributed by atoms with Gasteiger partial charge in [-0.15, -0.1) is 0 Å². The number of aromatic nitrogens is 3. The molecule has 114 valence electrons. The Hall–Kier alpha value is -2.35. The quantitative estimate of drug-likeness (QED) is 0.439. The van der Waals surface area contributed by atoms with E-state index in [4.69, 9.17) is 5.84 Å². The van der Waals surface area contributed by atoms with Gasteiger partial charge in [-0.1, -0.05) is 13.8 Å². The van der Waals surface area contributed by atoms with Crippen LogP contribution in [0.15, 0.2) is 18.6 Å². The van der Waals surface area contributed by atoms with Gasteiger partial charge in [0.1, 0.15) is 0 Å². The van der Waals surface area contributed by atoms with Crippen LogP contribution in [0.4, 0.5) is 11.6 Å². The number of imidazole rings is 1. The molecule has 0 fully saturated rings. The van der Waals surface area contributed by atoms with Gasteiger partial charge in [0.2, 0.25) is 5.91 Å². The van der Waals surface area contributed by atoms with Gasteiger partial charge in [-0.05, 0) is 5.92 Å². The molecule has 0 unspecified atom stereocenters. The molecule has 0 spiro atoms. The normalized spacial score (nSPS) is 10.9. The Balaban J connectivity index is 1.94. The average Bonchev–Trinajstić information content (AvgIpc) is 2.93. The van der Waals surface area contributed by atoms with Crippen molar-refractivity contribution in [2.24, 2.45) is 11.8 Å². The molecule has 0 saturated heterocycles. The predicted molar refractivity (Wildman–Crippen MR) is 81.8 cm³/mol. The van der Waals surface area contributed by atoms with Gasteiger partial charge in [-0.2, -0.15) is 0 Å². The molecular formula is C13H21N7O. The van der Waals surface area contributed by atoms with Crippen molar-refractivity contribution < 1.29 is 4.79 Å². The maximum atomic E-state index is 11.6. The molecule has 0 aliphatic heterocycles. The second-order valence-corrected chi connectivity index (χ2v) is 5.15. The summed E-state index contributed by atoms with van der Waals surface area (Å²) in [7, 11) is 0. The maximum Gasteiger partial charge on any atom is 0.221 e. The summed E-state index contributed by atoms with van der Waals surface area (Å²) >= 11 is 0. The summed E-state index contributed by atoms with van der Waals surface area (Å²) in [5, 5.41) is 5.99. The number of nitrogens with two attached hydrogens (primary N) is 1. The Kier molecular flexibility index (Phi) is 4.94. The summed E-state index contributed by atoms with van der Waals surface area (Å²) in [4.78, 5) is 20.2. The minimum absolute atomic E-state index is 0.0173. The largest absolute Gasteiger partial charge is 0.366 e. The third-order valence-corrected chi connectivity index (χ3v) is 2.87. The number of carbonyl (C=O) groups excluding carboxylic acids is 1. The average molecular weight is 291 g/mol. The summed E-state index contributed by atoms with van der Waals surface area (Å²) in [6.07, 6.45) is 5.60. The van der Waals surface area contributed by atoms with E-state index in [9.17, 15) is 4.79 Å². The molecule has 2 rings (SSSR count). The van der Waals surface area contributed by atoms with Crippen LogP contribution in [0.3, 0.4) is 0 Å². The molecule has 8 nitrogen and oxygen atoms in total. The highest BCUT2D eigenvalue weighted by atomic mass is 16.1. The molecule has 2 aromatic rings. The van der Waals surface area contributed by atoms with E-state index in [0.29, 0.717) is 42.7 Å². The van der Waals surface area contributed by atoms with Crippen molar-refractivity contribution in [3.05, 3.63) is 18.6 Å². The summed E-state index contributed by atoms with van der Waals surface area (Å²) in [6, 6.07) is 0. The number of rotatable bonds is 7. The second kappa shape index (κ2) is 6.89. The van der Waals surface area contributed by atoms with Crippen molar-refractivity contribution in [3.8, 4) is 0 Å². The zero-order valence-corrected chi connectivity index (χ0v) is 12.3. The molecule has 0 bridgehead atoms. The van der Waals surface area contributed by atoms with Gasteiger partial charge in [0.05, 0.1) is 6.20 Å². The Morgan fingerprint density at radius 3 is 3.00 bits per heavy atom. The molecule has 2 aromatic heterocycles. The number of nitrogen functional groups attached to an aromatic ring is 1. The molecule has 0 radical (unpaired) electrons. The lowest BCUT2D eigenvalue weighted by molar-refractivity contribution is -0.120. The van der Waals surface area contributed by atoms with Crippen molar-refractivity contribution in [1.82, 2.24) is 19.7 Å². The first-order valence-corrected chi connectivity index (χ1v) is 6.91. The lowest BCUT2D eigenvalue weighted by Gasteiger charge is -2.10. The minimum atomic E-state index is 0.0173. The summed E-state index contributed by atoms with van der Waals surface area (Å²) < 4.78 is 1.81. The predicted octanol–water partition coefficient (Wildman–Crippen LogP) is 0.589. The van der Waals surface area contributed by atoms with Gasteiger partial charge in [0.25, 0.3) is 0 Å². The van der Waals surface area contributed by atoms with E-state index < -0.39 is 0 Å². The Morgan fingerprint density at radius 1 is 1.48 bits per heavy atom. The molecule has 0 saturated carbocycles. The van der Waals surface area contributed by atoms with Crippen LogP contribution in [0, 0.1) is 5.92 Å². The maximum absolute atomic E-state index is 11.6. The topological polar surface area (TPSA) is 109 Å². The summed E-state index contributed by atoms with van der Waals surface area (Å²) in [6.45, 7) is 5.28. The zero-order valence-electron chi connectivity index (χ0n) is 12.3. The molecule has 2 heterocycles. The number of anilines is 2. The van der Waals surface area contributed by atoms with Crippen LogP contribution >= 0.6 is 0 Å². The van der Waals surface area contributed by atoms with Gasteiger partial charge < -0.3 is 20.5 Å². The molecule has 0 aliphatic carbocycles. The van der Waals surface area contributed by atoms with Gasteiger partial charge in [-0.25, -0.2) is 15.8 Å². The van der Waals surface area contributed by atoms with Crippen LogP contribution in [0.25, 0.3) is 5.65 Å². The SMILES string of the molecule is CC(C)CNC(=O)CCNc1nc(NN)cn2ccnc12. The van der Waals surface area contributed by atoms with E-state index in [1.165, 1.54) is 0 Å². The lowest BCUT2D eigenvalue weighted by Crippen LogP contribution is -2.28. The first-order valence-electron chi connectivity index (χ1n) is 6.91. The Morgan fingerprint density at radius 2 is 2.29 bits per heavy atom. The molecule has 5 N–H and O–H groups in total. The van der Waals surface area contributed by atoms with Crippen molar-refractivity contribution >= 4 is 23.2 Å². The van der Waals surface area contributed by atoms with Gasteiger partial charge in [0, 0.05) is 31.9 Å². The number of hydrazine groups is 1. The van der Waals surface area contributed by atoms with Crippen LogP contribution < -0.4 is 21.9 Å². The standard InChI is InChI=1S/C13H21N7O/c1-9(2)7-17-11(21)3-4-15-12-13-16-5-6-20(13)8-10(18-12)19-14/h5-6,8-9,19H,3-4,7,14H2,1-2H3,(H,15,18)(H,17,21). The fourth-order valence-corrected chi connectivity index (χ4v) is 1.82. The third kappa shape index (κ3) is 4.06. The molecule has 0 atom stereocenters. The van der Waals surface area contributed by atoms with Crippen LogP contribution in [0.1, 0.15) is 20.3 Å².